The number of aromatic nitrogens is 1. The third kappa shape index (κ3) is 3.60. The molecule has 0 fully saturated rings. The van der Waals surface area contributed by atoms with Gasteiger partial charge in [0.1, 0.15) is 11.5 Å². The zero-order valence-corrected chi connectivity index (χ0v) is 13.9. The Hall–Kier alpha value is -2.95. The minimum Gasteiger partial charge on any atom is -0.496 e. The van der Waals surface area contributed by atoms with Crippen molar-refractivity contribution in [2.75, 3.05) is 7.11 Å². The van der Waals surface area contributed by atoms with Crippen LogP contribution in [-0.4, -0.2) is 12.1 Å². The van der Waals surface area contributed by atoms with Gasteiger partial charge in [-0.25, -0.2) is 13.8 Å². The number of benzene rings is 2. The minimum absolute atomic E-state index is 0.00155. The van der Waals surface area contributed by atoms with Gasteiger partial charge in [-0.15, -0.1) is 0 Å². The maximum absolute atomic E-state index is 12.9. The third-order valence-corrected chi connectivity index (χ3v) is 3.86. The maximum Gasteiger partial charge on any atom is 0.264 e. The van der Waals surface area contributed by atoms with Crippen LogP contribution >= 0.6 is 0 Å². The molecule has 0 N–H and O–H groups in total. The zero-order chi connectivity index (χ0) is 17.8. The topological polar surface area (TPSA) is 31.4 Å². The van der Waals surface area contributed by atoms with Crippen LogP contribution in [0.25, 0.3) is 11.1 Å². The van der Waals surface area contributed by atoms with Crippen molar-refractivity contribution in [2.45, 2.75) is 13.3 Å². The quantitative estimate of drug-likeness (QED) is 0.588. The first-order valence-electron chi connectivity index (χ1n) is 7.75. The van der Waals surface area contributed by atoms with E-state index in [4.69, 9.17) is 9.47 Å². The fourth-order valence-corrected chi connectivity index (χ4v) is 2.61. The molecule has 3 nitrogen and oxygen atoms in total. The SMILES string of the molecule is COc1ccccc1-c1cccnc1Oc1ccc(C(F)F)c(C)c1. The van der Waals surface area contributed by atoms with Crippen molar-refractivity contribution in [3.05, 3.63) is 71.9 Å². The van der Waals surface area contributed by atoms with Crippen molar-refractivity contribution in [1.82, 2.24) is 4.98 Å². The number of halogens is 2. The van der Waals surface area contributed by atoms with Crippen molar-refractivity contribution < 1.29 is 18.3 Å². The van der Waals surface area contributed by atoms with E-state index in [1.165, 1.54) is 12.1 Å². The van der Waals surface area contributed by atoms with E-state index in [1.54, 1.807) is 32.4 Å². The summed E-state index contributed by atoms with van der Waals surface area (Å²) < 4.78 is 37.0. The van der Waals surface area contributed by atoms with E-state index >= 15 is 0 Å². The van der Waals surface area contributed by atoms with Crippen LogP contribution in [-0.2, 0) is 0 Å². The standard InChI is InChI=1S/C20H17F2NO2/c1-13-12-14(9-10-15(13)19(21)22)25-20-17(7-5-11-23-20)16-6-3-4-8-18(16)24-2/h3-12,19H,1-2H3. The van der Waals surface area contributed by atoms with E-state index in [0.717, 1.165) is 11.1 Å². The van der Waals surface area contributed by atoms with Crippen LogP contribution in [0.3, 0.4) is 0 Å². The van der Waals surface area contributed by atoms with Crippen molar-refractivity contribution in [2.24, 2.45) is 0 Å². The molecule has 0 unspecified atom stereocenters. The smallest absolute Gasteiger partial charge is 0.264 e. The van der Waals surface area contributed by atoms with Crippen LogP contribution in [0.5, 0.6) is 17.4 Å². The second-order valence-corrected chi connectivity index (χ2v) is 5.48. The summed E-state index contributed by atoms with van der Waals surface area (Å²) in [5.41, 5.74) is 2.07. The number of nitrogens with zero attached hydrogens (tertiary/aromatic N) is 1. The molecular formula is C20H17F2NO2. The molecule has 0 amide bonds. The largest absolute Gasteiger partial charge is 0.496 e. The molecule has 1 aromatic heterocycles. The molecule has 2 aromatic carbocycles. The van der Waals surface area contributed by atoms with Gasteiger partial charge in [0.2, 0.25) is 5.88 Å². The fourth-order valence-electron chi connectivity index (χ4n) is 2.61. The molecule has 0 aliphatic rings. The summed E-state index contributed by atoms with van der Waals surface area (Å²) >= 11 is 0. The second-order valence-electron chi connectivity index (χ2n) is 5.48. The summed E-state index contributed by atoms with van der Waals surface area (Å²) in [6, 6.07) is 15.7. The van der Waals surface area contributed by atoms with Gasteiger partial charge in [0.05, 0.1) is 7.11 Å². The molecule has 5 heteroatoms. The lowest BCUT2D eigenvalue weighted by molar-refractivity contribution is 0.150. The van der Waals surface area contributed by atoms with E-state index in [9.17, 15) is 8.78 Å². The van der Waals surface area contributed by atoms with Crippen molar-refractivity contribution >= 4 is 0 Å². The molecule has 128 valence electrons. The number of para-hydroxylation sites is 1. The van der Waals surface area contributed by atoms with E-state index in [-0.39, 0.29) is 5.56 Å². The summed E-state index contributed by atoms with van der Waals surface area (Å²) in [6.07, 6.45) is -0.887. The van der Waals surface area contributed by atoms with Crippen LogP contribution in [0.1, 0.15) is 17.6 Å². The van der Waals surface area contributed by atoms with Crippen LogP contribution in [0.4, 0.5) is 8.78 Å². The molecule has 0 aliphatic heterocycles. The monoisotopic (exact) mass is 341 g/mol. The Labute approximate surface area is 144 Å². The lowest BCUT2D eigenvalue weighted by Gasteiger charge is -2.13. The molecule has 0 bridgehead atoms. The van der Waals surface area contributed by atoms with Gasteiger partial charge in [-0.3, -0.25) is 0 Å². The molecule has 0 atom stereocenters. The number of rotatable bonds is 5. The summed E-state index contributed by atoms with van der Waals surface area (Å²) in [5.74, 6) is 1.54. The fraction of sp³-hybridized carbons (Fsp3) is 0.150. The molecule has 0 aliphatic carbocycles. The van der Waals surface area contributed by atoms with Crippen LogP contribution in [0.15, 0.2) is 60.8 Å². The van der Waals surface area contributed by atoms with Gasteiger partial charge in [0, 0.05) is 22.9 Å². The Morgan fingerprint density at radius 2 is 1.72 bits per heavy atom. The van der Waals surface area contributed by atoms with Crippen LogP contribution < -0.4 is 9.47 Å². The van der Waals surface area contributed by atoms with Gasteiger partial charge in [0.25, 0.3) is 6.43 Å². The van der Waals surface area contributed by atoms with Crippen molar-refractivity contribution in [1.29, 1.82) is 0 Å². The Kier molecular flexibility index (Phi) is 4.93. The van der Waals surface area contributed by atoms with E-state index in [1.807, 2.05) is 30.3 Å². The maximum atomic E-state index is 12.9. The minimum atomic E-state index is -2.51. The molecule has 25 heavy (non-hydrogen) atoms. The molecule has 0 spiro atoms. The number of hydrogen-bond donors (Lipinski definition) is 0. The second kappa shape index (κ2) is 7.30. The predicted octanol–water partition coefficient (Wildman–Crippen LogP) is 5.80. The Balaban J connectivity index is 1.98. The zero-order valence-electron chi connectivity index (χ0n) is 13.9. The predicted molar refractivity (Wildman–Crippen MR) is 92.4 cm³/mol. The van der Waals surface area contributed by atoms with Gasteiger partial charge in [-0.1, -0.05) is 18.2 Å². The summed E-state index contributed by atoms with van der Waals surface area (Å²) in [4.78, 5) is 4.29. The van der Waals surface area contributed by atoms with Gasteiger partial charge in [0.15, 0.2) is 0 Å². The first kappa shape index (κ1) is 16.9. The highest BCUT2D eigenvalue weighted by atomic mass is 19.3. The number of pyridine rings is 1. The molecular weight excluding hydrogens is 324 g/mol. The molecule has 3 aromatic rings. The highest BCUT2D eigenvalue weighted by molar-refractivity contribution is 5.74. The lowest BCUT2D eigenvalue weighted by Crippen LogP contribution is -1.95. The van der Waals surface area contributed by atoms with Gasteiger partial charge < -0.3 is 9.47 Å². The highest BCUT2D eigenvalue weighted by Crippen LogP contribution is 2.37. The summed E-state index contributed by atoms with van der Waals surface area (Å²) in [6.45, 7) is 1.63. The number of methoxy groups -OCH3 is 1. The molecule has 3 rings (SSSR count). The first-order chi connectivity index (χ1) is 12.1. The van der Waals surface area contributed by atoms with Crippen molar-refractivity contribution in [3.63, 3.8) is 0 Å². The summed E-state index contributed by atoms with van der Waals surface area (Å²) in [5, 5.41) is 0. The van der Waals surface area contributed by atoms with Crippen molar-refractivity contribution in [3.8, 4) is 28.5 Å². The summed E-state index contributed by atoms with van der Waals surface area (Å²) in [7, 11) is 1.60. The molecule has 0 saturated heterocycles. The Morgan fingerprint density at radius 1 is 0.960 bits per heavy atom. The Bertz CT molecular complexity index is 881. The number of aryl methyl sites for hydroxylation is 1. The third-order valence-electron chi connectivity index (χ3n) is 3.86. The molecule has 0 radical (unpaired) electrons. The lowest BCUT2D eigenvalue weighted by atomic mass is 10.1. The molecule has 1 heterocycles. The van der Waals surface area contributed by atoms with E-state index < -0.39 is 6.43 Å². The number of hydrogen-bond acceptors (Lipinski definition) is 3. The van der Waals surface area contributed by atoms with Gasteiger partial charge in [-0.05, 0) is 48.9 Å². The van der Waals surface area contributed by atoms with Crippen LogP contribution in [0.2, 0.25) is 0 Å². The number of ether oxygens (including phenoxy) is 2. The van der Waals surface area contributed by atoms with E-state index in [2.05, 4.69) is 4.98 Å². The number of alkyl halides is 2. The average molecular weight is 341 g/mol. The first-order valence-corrected chi connectivity index (χ1v) is 7.75. The van der Waals surface area contributed by atoms with Gasteiger partial charge >= 0.3 is 0 Å². The average Bonchev–Trinajstić information content (AvgIpc) is 2.62. The van der Waals surface area contributed by atoms with Gasteiger partial charge in [-0.2, -0.15) is 0 Å². The van der Waals surface area contributed by atoms with Crippen LogP contribution in [0, 0.1) is 6.92 Å². The normalized spacial score (nSPS) is 10.8. The van der Waals surface area contributed by atoms with E-state index in [0.29, 0.717) is 22.9 Å². The Morgan fingerprint density at radius 3 is 2.44 bits per heavy atom. The molecule has 0 saturated carbocycles. The highest BCUT2D eigenvalue weighted by Gasteiger charge is 2.14.